The number of thiazole rings is 1. The summed E-state index contributed by atoms with van der Waals surface area (Å²) < 4.78 is 0. The molecule has 4 aromatic rings. The summed E-state index contributed by atoms with van der Waals surface area (Å²) in [6.45, 7) is 10.4. The van der Waals surface area contributed by atoms with Crippen molar-refractivity contribution in [2.24, 2.45) is 11.3 Å². The number of hydrogen-bond acceptors (Lipinski definition) is 8. The number of urea groups is 1. The Morgan fingerprint density at radius 2 is 1.56 bits per heavy atom. The Morgan fingerprint density at radius 3 is 2.16 bits per heavy atom. The molecule has 0 saturated carbocycles. The van der Waals surface area contributed by atoms with Crippen LogP contribution in [0.2, 0.25) is 0 Å². The van der Waals surface area contributed by atoms with E-state index in [1.54, 1.807) is 43.0 Å². The van der Waals surface area contributed by atoms with Gasteiger partial charge in [-0.15, -0.1) is 11.3 Å². The van der Waals surface area contributed by atoms with E-state index in [0.717, 1.165) is 27.4 Å². The van der Waals surface area contributed by atoms with Gasteiger partial charge >= 0.3 is 12.1 Å². The summed E-state index contributed by atoms with van der Waals surface area (Å²) in [5.41, 5.74) is 2.72. The molecule has 0 radical (unpaired) electrons. The molecule has 5 rings (SSSR count). The van der Waals surface area contributed by atoms with Crippen LogP contribution in [0.5, 0.6) is 0 Å². The van der Waals surface area contributed by atoms with Crippen molar-refractivity contribution in [3.05, 3.63) is 107 Å². The van der Waals surface area contributed by atoms with Crippen molar-refractivity contribution in [1.82, 2.24) is 35.7 Å². The lowest BCUT2D eigenvalue weighted by molar-refractivity contribution is -0.129. The number of aromatic nitrogens is 2. The maximum atomic E-state index is 14.5. The lowest BCUT2D eigenvalue weighted by atomic mass is 9.85. The van der Waals surface area contributed by atoms with E-state index in [1.165, 1.54) is 11.3 Å². The van der Waals surface area contributed by atoms with Gasteiger partial charge in [-0.05, 0) is 53.9 Å². The zero-order chi connectivity index (χ0) is 41.1. The largest absolute Gasteiger partial charge is 0.465 e. The molecule has 1 fully saturated rings. The van der Waals surface area contributed by atoms with Crippen LogP contribution in [0.1, 0.15) is 64.3 Å². The third-order valence-corrected chi connectivity index (χ3v) is 11.4. The molecule has 1 saturated heterocycles. The number of benzene rings is 2. The number of pyridine rings is 1. The van der Waals surface area contributed by atoms with Crippen LogP contribution in [0.4, 0.5) is 9.59 Å². The molecule has 304 valence electrons. The molecule has 14 heteroatoms. The summed E-state index contributed by atoms with van der Waals surface area (Å²) in [4.78, 5) is 66.1. The maximum Gasteiger partial charge on any atom is 0.405 e. The van der Waals surface area contributed by atoms with Crippen LogP contribution in [0.25, 0.3) is 10.6 Å². The maximum absolute atomic E-state index is 14.5. The highest BCUT2D eigenvalue weighted by atomic mass is 32.1. The van der Waals surface area contributed by atoms with Crippen LogP contribution in [0.15, 0.2) is 90.6 Å². The predicted molar refractivity (Wildman–Crippen MR) is 220 cm³/mol. The number of hydrogen-bond donors (Lipinski definition) is 5. The summed E-state index contributed by atoms with van der Waals surface area (Å²) in [6.07, 6.45) is 2.36. The van der Waals surface area contributed by atoms with E-state index in [2.05, 4.69) is 20.9 Å². The molecule has 13 nitrogen and oxygen atoms in total. The number of carboxylic acid groups (broad SMARTS) is 1. The Hall–Kier alpha value is -5.34. The van der Waals surface area contributed by atoms with Crippen LogP contribution in [0, 0.1) is 11.3 Å². The molecule has 2 aromatic carbocycles. The molecular weight excluding hydrogens is 743 g/mol. The first-order valence-electron chi connectivity index (χ1n) is 19.5. The fourth-order valence-electron chi connectivity index (χ4n) is 7.18. The quantitative estimate of drug-likeness (QED) is 0.0846. The number of carbonyl (C=O) groups is 4. The van der Waals surface area contributed by atoms with E-state index in [-0.39, 0.29) is 30.7 Å². The van der Waals surface area contributed by atoms with Gasteiger partial charge in [-0.2, -0.15) is 0 Å². The van der Waals surface area contributed by atoms with Gasteiger partial charge in [-0.25, -0.2) is 14.6 Å². The highest BCUT2D eigenvalue weighted by Crippen LogP contribution is 2.27. The molecule has 1 aliphatic rings. The summed E-state index contributed by atoms with van der Waals surface area (Å²) in [5, 5.41) is 32.7. The van der Waals surface area contributed by atoms with E-state index < -0.39 is 47.7 Å². The molecule has 5 amide bonds. The lowest BCUT2D eigenvalue weighted by Gasteiger charge is -2.35. The third-order valence-electron chi connectivity index (χ3n) is 10.4. The van der Waals surface area contributed by atoms with Crippen molar-refractivity contribution in [2.45, 2.75) is 97.1 Å². The predicted octanol–water partition coefficient (Wildman–Crippen LogP) is 5.75. The van der Waals surface area contributed by atoms with Gasteiger partial charge in [0, 0.05) is 42.5 Å². The van der Waals surface area contributed by atoms with Crippen LogP contribution in [-0.4, -0.2) is 97.3 Å². The molecule has 0 spiro atoms. The molecule has 0 bridgehead atoms. The average Bonchev–Trinajstić information content (AvgIpc) is 3.80. The zero-order valence-corrected chi connectivity index (χ0v) is 34.1. The SMILES string of the molecule is CCC(C)[C@@H](C(=O)N[C@@H](Cc1ccccc1)C[C@@H](O)[C@H](Cc1ccccc1)NC(=O)[C@@H](NC(=O)O)C(C)(C)C)N1CCN(Cc2csc(-c3cccnc3)n2)C1=O. The summed E-state index contributed by atoms with van der Waals surface area (Å²) in [7, 11) is 0. The first-order chi connectivity index (χ1) is 27.2. The summed E-state index contributed by atoms with van der Waals surface area (Å²) >= 11 is 1.49. The smallest absolute Gasteiger partial charge is 0.405 e. The van der Waals surface area contributed by atoms with Gasteiger partial charge in [0.05, 0.1) is 24.4 Å². The Kier molecular flexibility index (Phi) is 14.8. The Bertz CT molecular complexity index is 1920. The van der Waals surface area contributed by atoms with Crippen molar-refractivity contribution in [3.63, 3.8) is 0 Å². The molecule has 3 heterocycles. The molecule has 57 heavy (non-hydrogen) atoms. The molecular formula is C43H55N7O6S. The Balaban J connectivity index is 1.35. The van der Waals surface area contributed by atoms with Crippen molar-refractivity contribution in [1.29, 1.82) is 0 Å². The fraction of sp³-hybridized carbons (Fsp3) is 0.442. The molecule has 5 N–H and O–H groups in total. The highest BCUT2D eigenvalue weighted by molar-refractivity contribution is 7.13. The normalized spacial score (nSPS) is 16.3. The van der Waals surface area contributed by atoms with Crippen LogP contribution in [-0.2, 0) is 29.0 Å². The standard InChI is InChI=1S/C43H55N7O6S/c1-6-28(2)36(50-21-20-49(42(50)56)26-33-27-57-40(46-33)31-18-13-19-44-25-31)38(52)45-32(22-29-14-9-7-10-15-29)24-35(51)34(23-30-16-11-8-12-17-30)47-39(53)37(43(3,4)5)48-41(54)55/h7-19,25,27-28,32,34-37,48,51H,6,20-24,26H2,1-5H3,(H,45,52)(H,47,53)(H,54,55)/t28?,32-,34-,35+,36-,37+/m0/s1. The topological polar surface area (TPSA) is 177 Å². The second kappa shape index (κ2) is 19.7. The average molecular weight is 798 g/mol. The van der Waals surface area contributed by atoms with Gasteiger partial charge in [-0.3, -0.25) is 14.6 Å². The molecule has 1 aliphatic heterocycles. The van der Waals surface area contributed by atoms with Crippen molar-refractivity contribution in [3.8, 4) is 10.6 Å². The minimum Gasteiger partial charge on any atom is -0.465 e. The monoisotopic (exact) mass is 797 g/mol. The number of aliphatic hydroxyl groups is 1. The first kappa shape index (κ1) is 42.8. The van der Waals surface area contributed by atoms with Crippen LogP contribution >= 0.6 is 11.3 Å². The highest BCUT2D eigenvalue weighted by Gasteiger charge is 2.41. The summed E-state index contributed by atoms with van der Waals surface area (Å²) in [5.74, 6) is -1.05. The van der Waals surface area contributed by atoms with E-state index in [0.29, 0.717) is 32.5 Å². The van der Waals surface area contributed by atoms with Crippen LogP contribution < -0.4 is 16.0 Å². The minimum atomic E-state index is -1.33. The molecule has 2 aromatic heterocycles. The minimum absolute atomic E-state index is 0.0708. The van der Waals surface area contributed by atoms with Crippen molar-refractivity contribution >= 4 is 35.3 Å². The van der Waals surface area contributed by atoms with E-state index >= 15 is 0 Å². The molecule has 1 unspecified atom stereocenters. The van der Waals surface area contributed by atoms with E-state index in [1.807, 2.05) is 92.0 Å². The Morgan fingerprint density at radius 1 is 0.895 bits per heavy atom. The fourth-order valence-corrected chi connectivity index (χ4v) is 7.99. The Labute approximate surface area is 338 Å². The van der Waals surface area contributed by atoms with E-state index in [4.69, 9.17) is 4.98 Å². The second-order valence-electron chi connectivity index (χ2n) is 15.9. The van der Waals surface area contributed by atoms with Gasteiger partial charge < -0.3 is 36.0 Å². The number of nitrogens with one attached hydrogen (secondary N) is 3. The third kappa shape index (κ3) is 11.8. The lowest BCUT2D eigenvalue weighted by Crippen LogP contribution is -2.58. The van der Waals surface area contributed by atoms with Gasteiger partial charge in [0.2, 0.25) is 11.8 Å². The number of nitrogens with zero attached hydrogens (tertiary/aromatic N) is 4. The zero-order valence-electron chi connectivity index (χ0n) is 33.3. The van der Waals surface area contributed by atoms with Crippen molar-refractivity contribution < 1.29 is 29.4 Å². The number of rotatable bonds is 18. The first-order valence-corrected chi connectivity index (χ1v) is 20.4. The molecule has 6 atom stereocenters. The number of amides is 5. The van der Waals surface area contributed by atoms with E-state index in [9.17, 15) is 29.4 Å². The van der Waals surface area contributed by atoms with Crippen molar-refractivity contribution in [2.75, 3.05) is 13.1 Å². The summed E-state index contributed by atoms with van der Waals surface area (Å²) in [6, 6.07) is 19.3. The molecule has 0 aliphatic carbocycles. The van der Waals surface area contributed by atoms with Gasteiger partial charge in [-0.1, -0.05) is 102 Å². The number of aliphatic hydroxyl groups excluding tert-OH is 1. The van der Waals surface area contributed by atoms with Gasteiger partial charge in [0.1, 0.15) is 17.1 Å². The van der Waals surface area contributed by atoms with Gasteiger partial charge in [0.15, 0.2) is 0 Å². The van der Waals surface area contributed by atoms with Crippen LogP contribution in [0.3, 0.4) is 0 Å². The number of carbonyl (C=O) groups excluding carboxylic acids is 3. The van der Waals surface area contributed by atoms with Gasteiger partial charge in [0.25, 0.3) is 0 Å². The second-order valence-corrected chi connectivity index (χ2v) is 16.7.